The van der Waals surface area contributed by atoms with Crippen LogP contribution in [0.5, 0.6) is 0 Å². The Bertz CT molecular complexity index is 530. The summed E-state index contributed by atoms with van der Waals surface area (Å²) in [5.74, 6) is 0.384. The molecule has 0 aliphatic carbocycles. The maximum atomic E-state index is 12.2. The SMILES string of the molecule is C[C@@H](C[S@@](=O)c1ccccc1)N(O)c1ccccc1. The highest BCUT2D eigenvalue weighted by Crippen LogP contribution is 2.16. The van der Waals surface area contributed by atoms with Crippen LogP contribution in [0, 0.1) is 0 Å². The van der Waals surface area contributed by atoms with Gasteiger partial charge in [0.05, 0.1) is 28.3 Å². The molecule has 3 nitrogen and oxygen atoms in total. The molecule has 0 heterocycles. The van der Waals surface area contributed by atoms with Crippen molar-refractivity contribution in [2.45, 2.75) is 17.9 Å². The molecular weight excluding hydrogens is 258 g/mol. The third-order valence-corrected chi connectivity index (χ3v) is 4.42. The van der Waals surface area contributed by atoms with Crippen molar-refractivity contribution in [3.05, 3.63) is 60.7 Å². The number of benzene rings is 2. The van der Waals surface area contributed by atoms with Crippen LogP contribution in [0.3, 0.4) is 0 Å². The Morgan fingerprint density at radius 1 is 1.05 bits per heavy atom. The number of nitrogens with zero attached hydrogens (tertiary/aromatic N) is 1. The van der Waals surface area contributed by atoms with E-state index in [1.165, 1.54) is 5.06 Å². The maximum Gasteiger partial charge on any atom is 0.0654 e. The van der Waals surface area contributed by atoms with E-state index in [2.05, 4.69) is 0 Å². The molecule has 0 fully saturated rings. The highest BCUT2D eigenvalue weighted by Gasteiger charge is 2.16. The van der Waals surface area contributed by atoms with Crippen LogP contribution in [0.15, 0.2) is 65.6 Å². The molecule has 0 bridgehead atoms. The summed E-state index contributed by atoms with van der Waals surface area (Å²) in [6.45, 7) is 1.86. The average Bonchev–Trinajstić information content (AvgIpc) is 2.48. The van der Waals surface area contributed by atoms with Crippen LogP contribution in [0.25, 0.3) is 0 Å². The fourth-order valence-electron chi connectivity index (χ4n) is 1.79. The second-order valence-electron chi connectivity index (χ2n) is 4.35. The zero-order valence-corrected chi connectivity index (χ0v) is 11.6. The van der Waals surface area contributed by atoms with Crippen molar-refractivity contribution in [1.29, 1.82) is 0 Å². The molecule has 2 atom stereocenters. The summed E-state index contributed by atoms with van der Waals surface area (Å²) >= 11 is 0. The Kier molecular flexibility index (Phi) is 4.71. The van der Waals surface area contributed by atoms with Crippen molar-refractivity contribution in [3.8, 4) is 0 Å². The molecule has 0 aliphatic rings. The van der Waals surface area contributed by atoms with E-state index in [1.54, 1.807) is 0 Å². The van der Waals surface area contributed by atoms with Gasteiger partial charge in [-0.25, -0.2) is 0 Å². The highest BCUT2D eigenvalue weighted by molar-refractivity contribution is 7.85. The van der Waals surface area contributed by atoms with Crippen LogP contribution in [-0.2, 0) is 10.8 Å². The lowest BCUT2D eigenvalue weighted by Crippen LogP contribution is -2.34. The molecular formula is C15H17NO2S. The van der Waals surface area contributed by atoms with E-state index in [-0.39, 0.29) is 6.04 Å². The summed E-state index contributed by atoms with van der Waals surface area (Å²) in [5, 5.41) is 11.3. The molecule has 0 aliphatic heterocycles. The first kappa shape index (κ1) is 13.8. The highest BCUT2D eigenvalue weighted by atomic mass is 32.2. The van der Waals surface area contributed by atoms with Crippen LogP contribution in [-0.4, -0.2) is 21.2 Å². The van der Waals surface area contributed by atoms with Gasteiger partial charge in [-0.15, -0.1) is 0 Å². The summed E-state index contributed by atoms with van der Waals surface area (Å²) in [4.78, 5) is 0.788. The molecule has 0 saturated carbocycles. The predicted molar refractivity (Wildman–Crippen MR) is 77.9 cm³/mol. The van der Waals surface area contributed by atoms with Gasteiger partial charge in [-0.1, -0.05) is 36.4 Å². The molecule has 1 N–H and O–H groups in total. The summed E-state index contributed by atoms with van der Waals surface area (Å²) in [7, 11) is -1.11. The van der Waals surface area contributed by atoms with Crippen LogP contribution >= 0.6 is 0 Å². The smallest absolute Gasteiger partial charge is 0.0654 e. The molecule has 0 aromatic heterocycles. The number of anilines is 1. The van der Waals surface area contributed by atoms with E-state index in [9.17, 15) is 9.42 Å². The van der Waals surface area contributed by atoms with Crippen molar-refractivity contribution in [2.75, 3.05) is 10.8 Å². The average molecular weight is 275 g/mol. The van der Waals surface area contributed by atoms with Gasteiger partial charge in [-0.05, 0) is 31.2 Å². The second kappa shape index (κ2) is 6.50. The zero-order valence-electron chi connectivity index (χ0n) is 10.8. The lowest BCUT2D eigenvalue weighted by molar-refractivity contribution is 0.230. The Morgan fingerprint density at radius 2 is 1.58 bits per heavy atom. The lowest BCUT2D eigenvalue weighted by atomic mass is 10.3. The number of hydrogen-bond acceptors (Lipinski definition) is 3. The number of hydrogen-bond donors (Lipinski definition) is 1. The van der Waals surface area contributed by atoms with Crippen molar-refractivity contribution in [1.82, 2.24) is 0 Å². The van der Waals surface area contributed by atoms with Crippen LogP contribution in [0.4, 0.5) is 5.69 Å². The van der Waals surface area contributed by atoms with Gasteiger partial charge in [-0.3, -0.25) is 14.5 Å². The lowest BCUT2D eigenvalue weighted by Gasteiger charge is -2.24. The summed E-state index contributed by atoms with van der Waals surface area (Å²) in [6.07, 6.45) is 0. The third-order valence-electron chi connectivity index (χ3n) is 2.84. The molecule has 4 heteroatoms. The molecule has 0 unspecified atom stereocenters. The zero-order chi connectivity index (χ0) is 13.7. The quantitative estimate of drug-likeness (QED) is 0.853. The molecule has 19 heavy (non-hydrogen) atoms. The van der Waals surface area contributed by atoms with E-state index in [0.717, 1.165) is 4.90 Å². The van der Waals surface area contributed by atoms with E-state index >= 15 is 0 Å². The molecule has 100 valence electrons. The van der Waals surface area contributed by atoms with Crippen molar-refractivity contribution in [2.24, 2.45) is 0 Å². The van der Waals surface area contributed by atoms with Crippen molar-refractivity contribution >= 4 is 16.5 Å². The molecule has 0 saturated heterocycles. The van der Waals surface area contributed by atoms with Gasteiger partial charge in [0.25, 0.3) is 0 Å². The van der Waals surface area contributed by atoms with E-state index in [0.29, 0.717) is 11.4 Å². The topological polar surface area (TPSA) is 40.5 Å². The molecule has 2 aromatic carbocycles. The fraction of sp³-hybridized carbons (Fsp3) is 0.200. The predicted octanol–water partition coefficient (Wildman–Crippen LogP) is 3.08. The molecule has 0 spiro atoms. The Morgan fingerprint density at radius 3 is 2.16 bits per heavy atom. The van der Waals surface area contributed by atoms with Crippen LogP contribution in [0.1, 0.15) is 6.92 Å². The first-order valence-corrected chi connectivity index (χ1v) is 7.47. The standard InChI is InChI=1S/C15H17NO2S/c1-13(16(17)14-8-4-2-5-9-14)12-19(18)15-10-6-3-7-11-15/h2-11,13,17H,12H2,1H3/t13-,19+/m0/s1. The Balaban J connectivity index is 2.02. The number of para-hydroxylation sites is 1. The monoisotopic (exact) mass is 275 g/mol. The maximum absolute atomic E-state index is 12.2. The number of rotatable bonds is 5. The van der Waals surface area contributed by atoms with Gasteiger partial charge < -0.3 is 0 Å². The Hall–Kier alpha value is -1.65. The molecule has 2 rings (SSSR count). The second-order valence-corrected chi connectivity index (χ2v) is 5.85. The summed E-state index contributed by atoms with van der Waals surface area (Å²) < 4.78 is 12.2. The minimum absolute atomic E-state index is 0.219. The van der Waals surface area contributed by atoms with Gasteiger partial charge >= 0.3 is 0 Å². The molecule has 0 amide bonds. The van der Waals surface area contributed by atoms with E-state index in [1.807, 2.05) is 67.6 Å². The fourth-order valence-corrected chi connectivity index (χ4v) is 3.03. The van der Waals surface area contributed by atoms with Gasteiger partial charge in [0.1, 0.15) is 0 Å². The van der Waals surface area contributed by atoms with Crippen LogP contribution in [0.2, 0.25) is 0 Å². The summed E-state index contributed by atoms with van der Waals surface area (Å²) in [5.41, 5.74) is 0.708. The largest absolute Gasteiger partial charge is 0.288 e. The van der Waals surface area contributed by atoms with Crippen molar-refractivity contribution < 1.29 is 9.42 Å². The van der Waals surface area contributed by atoms with Gasteiger partial charge in [-0.2, -0.15) is 0 Å². The molecule has 0 radical (unpaired) electrons. The van der Waals surface area contributed by atoms with Gasteiger partial charge in [0.2, 0.25) is 0 Å². The minimum atomic E-state index is -1.11. The normalized spacial score (nSPS) is 13.8. The first-order chi connectivity index (χ1) is 9.18. The minimum Gasteiger partial charge on any atom is -0.288 e. The van der Waals surface area contributed by atoms with E-state index < -0.39 is 10.8 Å². The third kappa shape index (κ3) is 3.66. The first-order valence-electron chi connectivity index (χ1n) is 6.15. The number of hydroxylamine groups is 1. The van der Waals surface area contributed by atoms with E-state index in [4.69, 9.17) is 0 Å². The molecule has 2 aromatic rings. The van der Waals surface area contributed by atoms with Crippen molar-refractivity contribution in [3.63, 3.8) is 0 Å². The van der Waals surface area contributed by atoms with Crippen LogP contribution < -0.4 is 5.06 Å². The Labute approximate surface area is 115 Å². The summed E-state index contributed by atoms with van der Waals surface area (Å²) in [6, 6.07) is 18.3. The van der Waals surface area contributed by atoms with Gasteiger partial charge in [0, 0.05) is 4.90 Å². The van der Waals surface area contributed by atoms with Gasteiger partial charge in [0.15, 0.2) is 0 Å².